The largest absolute Gasteiger partial charge is 0.370 e. The van der Waals surface area contributed by atoms with E-state index in [-0.39, 0.29) is 11.4 Å². The Labute approximate surface area is 155 Å². The zero-order chi connectivity index (χ0) is 18.4. The standard InChI is InChI=1S/C18H20BrN5O/c1-18(2,3)22-17(25)16(21-13-8-6-7-12(19)11-13)14-9-4-5-10-15(14)23-24-20/h4-11,16,21H,1-3H3,(H,22,25). The van der Waals surface area contributed by atoms with Crippen molar-refractivity contribution in [1.29, 1.82) is 0 Å². The van der Waals surface area contributed by atoms with E-state index in [1.807, 2.05) is 51.1 Å². The smallest absolute Gasteiger partial charge is 0.247 e. The van der Waals surface area contributed by atoms with Crippen LogP contribution in [-0.4, -0.2) is 11.4 Å². The van der Waals surface area contributed by atoms with E-state index in [0.29, 0.717) is 11.3 Å². The molecule has 1 amide bonds. The quantitative estimate of drug-likeness (QED) is 0.395. The molecule has 0 spiro atoms. The van der Waals surface area contributed by atoms with E-state index >= 15 is 0 Å². The minimum Gasteiger partial charge on any atom is -0.370 e. The molecule has 25 heavy (non-hydrogen) atoms. The predicted molar refractivity (Wildman–Crippen MR) is 104 cm³/mol. The summed E-state index contributed by atoms with van der Waals surface area (Å²) in [7, 11) is 0. The lowest BCUT2D eigenvalue weighted by atomic mass is 10.0. The van der Waals surface area contributed by atoms with Gasteiger partial charge in [-0.1, -0.05) is 51.4 Å². The van der Waals surface area contributed by atoms with Crippen LogP contribution in [0.4, 0.5) is 11.4 Å². The summed E-state index contributed by atoms with van der Waals surface area (Å²) in [6, 6.07) is 13.9. The fourth-order valence-electron chi connectivity index (χ4n) is 2.34. The molecule has 2 aromatic rings. The van der Waals surface area contributed by atoms with Crippen LogP contribution in [0.25, 0.3) is 10.4 Å². The van der Waals surface area contributed by atoms with Gasteiger partial charge in [0.25, 0.3) is 0 Å². The zero-order valence-electron chi connectivity index (χ0n) is 14.3. The maximum absolute atomic E-state index is 12.9. The molecule has 0 heterocycles. The first-order chi connectivity index (χ1) is 11.8. The van der Waals surface area contributed by atoms with Gasteiger partial charge in [-0.05, 0) is 50.1 Å². The summed E-state index contributed by atoms with van der Waals surface area (Å²) in [6.45, 7) is 5.75. The van der Waals surface area contributed by atoms with Gasteiger partial charge in [-0.25, -0.2) is 0 Å². The summed E-state index contributed by atoms with van der Waals surface area (Å²) in [4.78, 5) is 15.7. The van der Waals surface area contributed by atoms with Crippen LogP contribution in [0.3, 0.4) is 0 Å². The minimum atomic E-state index is -0.699. The van der Waals surface area contributed by atoms with Crippen molar-refractivity contribution in [2.75, 3.05) is 5.32 Å². The Morgan fingerprint density at radius 3 is 2.56 bits per heavy atom. The average Bonchev–Trinajstić information content (AvgIpc) is 2.52. The average molecular weight is 402 g/mol. The molecule has 0 fully saturated rings. The van der Waals surface area contributed by atoms with Crippen molar-refractivity contribution < 1.29 is 4.79 Å². The van der Waals surface area contributed by atoms with Crippen LogP contribution in [0.5, 0.6) is 0 Å². The molecule has 0 saturated heterocycles. The van der Waals surface area contributed by atoms with Crippen LogP contribution in [0, 0.1) is 0 Å². The number of nitrogens with one attached hydrogen (secondary N) is 2. The van der Waals surface area contributed by atoms with Crippen molar-refractivity contribution in [3.8, 4) is 0 Å². The number of rotatable bonds is 5. The first kappa shape index (κ1) is 18.8. The number of hydrogen-bond donors (Lipinski definition) is 2. The number of azide groups is 1. The number of carbonyl (C=O) groups is 1. The van der Waals surface area contributed by atoms with Gasteiger partial charge < -0.3 is 10.6 Å². The molecule has 6 nitrogen and oxygen atoms in total. The molecule has 0 aliphatic heterocycles. The van der Waals surface area contributed by atoms with E-state index in [0.717, 1.165) is 10.2 Å². The summed E-state index contributed by atoms with van der Waals surface area (Å²) >= 11 is 3.43. The molecule has 7 heteroatoms. The predicted octanol–water partition coefficient (Wildman–Crippen LogP) is 5.46. The van der Waals surface area contributed by atoms with Crippen molar-refractivity contribution in [2.45, 2.75) is 32.4 Å². The Morgan fingerprint density at radius 2 is 1.92 bits per heavy atom. The number of benzene rings is 2. The van der Waals surface area contributed by atoms with Gasteiger partial charge in [-0.15, -0.1) is 0 Å². The van der Waals surface area contributed by atoms with Crippen molar-refractivity contribution in [1.82, 2.24) is 5.32 Å². The number of halogens is 1. The highest BCUT2D eigenvalue weighted by Gasteiger charge is 2.26. The molecule has 0 radical (unpaired) electrons. The molecular weight excluding hydrogens is 382 g/mol. The van der Waals surface area contributed by atoms with Crippen LogP contribution in [-0.2, 0) is 4.79 Å². The maximum atomic E-state index is 12.9. The number of amides is 1. The summed E-state index contributed by atoms with van der Waals surface area (Å²) in [5, 5.41) is 9.92. The molecule has 0 aliphatic rings. The van der Waals surface area contributed by atoms with E-state index in [2.05, 4.69) is 36.6 Å². The lowest BCUT2D eigenvalue weighted by molar-refractivity contribution is -0.123. The van der Waals surface area contributed by atoms with Crippen LogP contribution in [0.2, 0.25) is 0 Å². The van der Waals surface area contributed by atoms with Crippen molar-refractivity contribution >= 4 is 33.2 Å². The van der Waals surface area contributed by atoms with E-state index in [1.165, 1.54) is 0 Å². The number of anilines is 1. The first-order valence-corrected chi connectivity index (χ1v) is 8.57. The highest BCUT2D eigenvalue weighted by atomic mass is 79.9. The third-order valence-electron chi connectivity index (χ3n) is 3.30. The van der Waals surface area contributed by atoms with Gasteiger partial charge >= 0.3 is 0 Å². The summed E-state index contributed by atoms with van der Waals surface area (Å²) in [5.41, 5.74) is 10.2. The molecule has 1 unspecified atom stereocenters. The second kappa shape index (κ2) is 8.05. The Bertz CT molecular complexity index is 809. The van der Waals surface area contributed by atoms with E-state index < -0.39 is 6.04 Å². The Morgan fingerprint density at radius 1 is 1.20 bits per heavy atom. The lowest BCUT2D eigenvalue weighted by Gasteiger charge is -2.27. The fourth-order valence-corrected chi connectivity index (χ4v) is 2.74. The minimum absolute atomic E-state index is 0.201. The maximum Gasteiger partial charge on any atom is 0.247 e. The molecule has 2 rings (SSSR count). The molecule has 2 N–H and O–H groups in total. The molecule has 0 aliphatic carbocycles. The van der Waals surface area contributed by atoms with E-state index in [9.17, 15) is 4.79 Å². The highest BCUT2D eigenvalue weighted by Crippen LogP contribution is 2.30. The van der Waals surface area contributed by atoms with Gasteiger partial charge in [0.2, 0.25) is 5.91 Å². The molecule has 1 atom stereocenters. The summed E-state index contributed by atoms with van der Waals surface area (Å²) < 4.78 is 0.899. The summed E-state index contributed by atoms with van der Waals surface area (Å²) in [6.07, 6.45) is 0. The lowest BCUT2D eigenvalue weighted by Crippen LogP contribution is -2.44. The van der Waals surface area contributed by atoms with Gasteiger partial charge in [0.1, 0.15) is 6.04 Å². The normalized spacial score (nSPS) is 12.0. The Balaban J connectivity index is 2.45. The second-order valence-electron chi connectivity index (χ2n) is 6.58. The number of nitrogens with zero attached hydrogens (tertiary/aromatic N) is 3. The van der Waals surface area contributed by atoms with Gasteiger partial charge in [0, 0.05) is 26.3 Å². The SMILES string of the molecule is CC(C)(C)NC(=O)C(Nc1cccc(Br)c1)c1ccccc1N=[N+]=[N-]. The monoisotopic (exact) mass is 401 g/mol. The van der Waals surface area contributed by atoms with Crippen molar-refractivity contribution in [3.05, 3.63) is 69.0 Å². The molecule has 0 aromatic heterocycles. The zero-order valence-corrected chi connectivity index (χ0v) is 15.9. The van der Waals surface area contributed by atoms with Crippen LogP contribution in [0.1, 0.15) is 32.4 Å². The molecule has 2 aromatic carbocycles. The van der Waals surface area contributed by atoms with Crippen LogP contribution >= 0.6 is 15.9 Å². The van der Waals surface area contributed by atoms with Crippen molar-refractivity contribution in [2.24, 2.45) is 5.11 Å². The molecule has 130 valence electrons. The van der Waals surface area contributed by atoms with E-state index in [4.69, 9.17) is 5.53 Å². The van der Waals surface area contributed by atoms with Gasteiger partial charge in [-0.3, -0.25) is 4.79 Å². The fraction of sp³-hybridized carbons (Fsp3) is 0.278. The Hall–Kier alpha value is -2.50. The topological polar surface area (TPSA) is 89.9 Å². The van der Waals surface area contributed by atoms with Crippen molar-refractivity contribution in [3.63, 3.8) is 0 Å². The van der Waals surface area contributed by atoms with Gasteiger partial charge in [-0.2, -0.15) is 0 Å². The van der Waals surface area contributed by atoms with E-state index in [1.54, 1.807) is 18.2 Å². The third kappa shape index (κ3) is 5.52. The highest BCUT2D eigenvalue weighted by molar-refractivity contribution is 9.10. The molecule has 0 saturated carbocycles. The number of carbonyl (C=O) groups excluding carboxylic acids is 1. The third-order valence-corrected chi connectivity index (χ3v) is 3.79. The Kier molecular flexibility index (Phi) is 6.07. The van der Waals surface area contributed by atoms with Gasteiger partial charge in [0.15, 0.2) is 0 Å². The molecule has 0 bridgehead atoms. The number of hydrogen-bond acceptors (Lipinski definition) is 3. The molecular formula is C18H20BrN5O. The van der Waals surface area contributed by atoms with Crippen LogP contribution < -0.4 is 10.6 Å². The van der Waals surface area contributed by atoms with Crippen LogP contribution in [0.15, 0.2) is 58.1 Å². The first-order valence-electron chi connectivity index (χ1n) is 7.78. The van der Waals surface area contributed by atoms with Gasteiger partial charge in [0.05, 0.1) is 0 Å². The second-order valence-corrected chi connectivity index (χ2v) is 7.49. The summed E-state index contributed by atoms with van der Waals surface area (Å²) in [5.74, 6) is -0.201.